The number of benzene rings is 16. The van der Waals surface area contributed by atoms with Crippen LogP contribution >= 0.6 is 0 Å². The monoisotopic (exact) mass is 1100 g/mol. The summed E-state index contributed by atoms with van der Waals surface area (Å²) in [5.41, 5.74) is 25.9. The van der Waals surface area contributed by atoms with Crippen molar-refractivity contribution in [3.8, 4) is 100 Å². The highest BCUT2D eigenvalue weighted by atomic mass is 14.3. The lowest BCUT2D eigenvalue weighted by Gasteiger charge is -2.20. The molecule has 0 aromatic heterocycles. The number of hydrogen-bond donors (Lipinski definition) is 0. The van der Waals surface area contributed by atoms with Gasteiger partial charge in [-0.05, 0) is 220 Å². The molecule has 0 aliphatic carbocycles. The molecule has 16 aromatic carbocycles. The van der Waals surface area contributed by atoms with Gasteiger partial charge in [0.05, 0.1) is 0 Å². The van der Waals surface area contributed by atoms with E-state index < -0.39 is 0 Å². The maximum Gasteiger partial charge on any atom is -0.00263 e. The van der Waals surface area contributed by atoms with Crippen molar-refractivity contribution in [1.82, 2.24) is 0 Å². The molecule has 0 fully saturated rings. The third-order valence-electron chi connectivity index (χ3n) is 18.4. The summed E-state index contributed by atoms with van der Waals surface area (Å²) in [5, 5.41) is 15.1. The van der Waals surface area contributed by atoms with Crippen LogP contribution in [0.15, 0.2) is 309 Å². The van der Waals surface area contributed by atoms with Crippen molar-refractivity contribution in [3.63, 3.8) is 0 Å². The first-order valence-electron chi connectivity index (χ1n) is 30.4. The topological polar surface area (TPSA) is 0 Å². The van der Waals surface area contributed by atoms with E-state index in [4.69, 9.17) is 0 Å². The molecule has 0 atom stereocenters. The van der Waals surface area contributed by atoms with Gasteiger partial charge in [0.2, 0.25) is 0 Å². The first-order chi connectivity index (χ1) is 42.9. The lowest BCUT2D eigenvalue weighted by atomic mass is 9.83. The molecule has 408 valence electrons. The van der Waals surface area contributed by atoms with E-state index >= 15 is 0 Å². The van der Waals surface area contributed by atoms with Crippen molar-refractivity contribution < 1.29 is 0 Å². The summed E-state index contributed by atoms with van der Waals surface area (Å²) < 4.78 is 0. The van der Waals surface area contributed by atoms with Gasteiger partial charge in [-0.2, -0.15) is 0 Å². The van der Waals surface area contributed by atoms with Crippen molar-refractivity contribution in [1.29, 1.82) is 0 Å². The van der Waals surface area contributed by atoms with Crippen LogP contribution in [-0.2, 0) is 0 Å². The maximum absolute atomic E-state index is 2.43. The Morgan fingerprint density at radius 1 is 0.138 bits per heavy atom. The smallest absolute Gasteiger partial charge is 0.00263 e. The molecule has 0 aliphatic heterocycles. The molecule has 0 N–H and O–H groups in total. The van der Waals surface area contributed by atoms with E-state index in [-0.39, 0.29) is 0 Å². The number of hydrogen-bond acceptors (Lipinski definition) is 0. The zero-order valence-electron chi connectivity index (χ0n) is 48.9. The van der Waals surface area contributed by atoms with Gasteiger partial charge < -0.3 is 0 Å². The minimum absolute atomic E-state index is 1.19. The summed E-state index contributed by atoms with van der Waals surface area (Å²) in [7, 11) is 0. The molecule has 0 bridgehead atoms. The second-order valence-electron chi connectivity index (χ2n) is 23.5. The second-order valence-corrected chi connectivity index (χ2v) is 23.5. The van der Waals surface area contributed by atoms with E-state index in [1.165, 1.54) is 181 Å². The molecule has 0 aliphatic rings. The largest absolute Gasteiger partial charge is 0.0622 e. The molecular formula is C87H60. The molecule has 0 heterocycles. The van der Waals surface area contributed by atoms with Gasteiger partial charge in [0, 0.05) is 0 Å². The molecule has 0 radical (unpaired) electrons. The van der Waals surface area contributed by atoms with E-state index in [0.717, 1.165) is 0 Å². The molecular weight excluding hydrogens is 1040 g/mol. The summed E-state index contributed by atoms with van der Waals surface area (Å²) in [5.74, 6) is 0. The molecule has 0 nitrogen and oxygen atoms in total. The van der Waals surface area contributed by atoms with Crippen LogP contribution in [0.1, 0.15) is 16.7 Å². The summed E-state index contributed by atoms with van der Waals surface area (Å²) in [6.07, 6.45) is 0. The molecule has 0 saturated heterocycles. The SMILES string of the molecule is Cc1cc(-c2c3ccccc3c(-c3ccccc3)c3ccccc23)ccc1-c1cc(-c2ccc(-c3c4ccccc4c(-c4ccccc4)c4ccccc34)cc2C)cc(-c2ccc(-c3c4ccccc4c(-c4ccccc4)c4ccccc34)cc2C)c1. The molecule has 0 heteroatoms. The van der Waals surface area contributed by atoms with Crippen molar-refractivity contribution in [2.75, 3.05) is 0 Å². The number of aryl methyl sites for hydroxylation is 3. The van der Waals surface area contributed by atoms with Crippen molar-refractivity contribution in [2.24, 2.45) is 0 Å². The Morgan fingerprint density at radius 3 is 0.494 bits per heavy atom. The predicted octanol–water partition coefficient (Wildman–Crippen LogP) is 24.5. The standard InChI is InChI=1S/C87H60/c1-55-49-61(85-76-37-19-13-31-70(76)82(58-25-7-4-8-26-58)71-32-14-20-38-77(71)85)43-46-67(55)64-52-65(68-47-44-62(50-56(68)2)86-78-39-21-15-33-72(78)83(59-27-9-5-10-28-59)73-34-16-22-40-79(73)86)54-66(53-64)69-48-45-63(51-57(69)3)87-80-41-23-17-35-74(80)84(60-29-11-6-12-30-60)75-36-18-24-42-81(75)87/h4-54H,1-3H3. The zero-order valence-corrected chi connectivity index (χ0v) is 48.9. The minimum Gasteiger partial charge on any atom is -0.0622 e. The first kappa shape index (κ1) is 51.7. The Kier molecular flexibility index (Phi) is 12.7. The van der Waals surface area contributed by atoms with Crippen LogP contribution < -0.4 is 0 Å². The van der Waals surface area contributed by atoms with E-state index in [2.05, 4.69) is 330 Å². The van der Waals surface area contributed by atoms with Crippen molar-refractivity contribution in [3.05, 3.63) is 326 Å². The van der Waals surface area contributed by atoms with E-state index in [1.54, 1.807) is 0 Å². The van der Waals surface area contributed by atoms with Crippen LogP contribution in [0.4, 0.5) is 0 Å². The first-order valence-corrected chi connectivity index (χ1v) is 30.4. The van der Waals surface area contributed by atoms with Crippen LogP contribution in [-0.4, -0.2) is 0 Å². The molecule has 0 amide bonds. The molecule has 0 spiro atoms. The van der Waals surface area contributed by atoms with Gasteiger partial charge in [-0.25, -0.2) is 0 Å². The molecule has 87 heavy (non-hydrogen) atoms. The predicted molar refractivity (Wildman–Crippen MR) is 375 cm³/mol. The van der Waals surface area contributed by atoms with Gasteiger partial charge in [-0.1, -0.05) is 291 Å². The van der Waals surface area contributed by atoms with Gasteiger partial charge in [0.15, 0.2) is 0 Å². The normalized spacial score (nSPS) is 11.6. The quantitative estimate of drug-likeness (QED) is 0.126. The Balaban J connectivity index is 0.869. The van der Waals surface area contributed by atoms with Gasteiger partial charge in [0.25, 0.3) is 0 Å². The lowest BCUT2D eigenvalue weighted by Crippen LogP contribution is -1.94. The van der Waals surface area contributed by atoms with Gasteiger partial charge in [-0.3, -0.25) is 0 Å². The molecule has 16 aromatic rings. The maximum atomic E-state index is 2.43. The average Bonchev–Trinajstić information content (AvgIpc) is 1.20. The third-order valence-corrected chi connectivity index (χ3v) is 18.4. The van der Waals surface area contributed by atoms with Gasteiger partial charge in [-0.15, -0.1) is 0 Å². The second kappa shape index (κ2) is 21.3. The lowest BCUT2D eigenvalue weighted by molar-refractivity contribution is 1.43. The molecule has 0 unspecified atom stereocenters. The number of rotatable bonds is 9. The van der Waals surface area contributed by atoms with E-state index in [1.807, 2.05) is 0 Å². The summed E-state index contributed by atoms with van der Waals surface area (Å²) >= 11 is 0. The highest BCUT2D eigenvalue weighted by molar-refractivity contribution is 6.24. The van der Waals surface area contributed by atoms with Gasteiger partial charge >= 0.3 is 0 Å². The Hall–Kier alpha value is -10.9. The summed E-state index contributed by atoms with van der Waals surface area (Å²) in [6.45, 7) is 6.89. The molecule has 0 saturated carbocycles. The number of fused-ring (bicyclic) bond motifs is 6. The highest BCUT2D eigenvalue weighted by Crippen LogP contribution is 2.49. The minimum atomic E-state index is 1.19. The fraction of sp³-hybridized carbons (Fsp3) is 0.0345. The highest BCUT2D eigenvalue weighted by Gasteiger charge is 2.22. The van der Waals surface area contributed by atoms with Crippen molar-refractivity contribution in [2.45, 2.75) is 20.8 Å². The Labute approximate surface area is 508 Å². The van der Waals surface area contributed by atoms with Crippen molar-refractivity contribution >= 4 is 64.6 Å². The fourth-order valence-electron chi connectivity index (χ4n) is 14.6. The Morgan fingerprint density at radius 2 is 0.310 bits per heavy atom. The van der Waals surface area contributed by atoms with Crippen LogP contribution in [0.3, 0.4) is 0 Å². The van der Waals surface area contributed by atoms with Gasteiger partial charge in [0.1, 0.15) is 0 Å². The average molecular weight is 1110 g/mol. The summed E-state index contributed by atoms with van der Waals surface area (Å²) in [6, 6.07) is 115. The van der Waals surface area contributed by atoms with E-state index in [0.29, 0.717) is 0 Å². The fourth-order valence-corrected chi connectivity index (χ4v) is 14.6. The van der Waals surface area contributed by atoms with Crippen LogP contribution in [0.5, 0.6) is 0 Å². The zero-order chi connectivity index (χ0) is 58.1. The van der Waals surface area contributed by atoms with Crippen LogP contribution in [0.25, 0.3) is 165 Å². The Bertz CT molecular complexity index is 4680. The summed E-state index contributed by atoms with van der Waals surface area (Å²) in [4.78, 5) is 0. The van der Waals surface area contributed by atoms with E-state index in [9.17, 15) is 0 Å². The van der Waals surface area contributed by atoms with Crippen LogP contribution in [0, 0.1) is 20.8 Å². The van der Waals surface area contributed by atoms with Crippen LogP contribution in [0.2, 0.25) is 0 Å². The molecule has 16 rings (SSSR count). The third kappa shape index (κ3) is 8.75.